The molecule has 6 nitrogen and oxygen atoms in total. The molecule has 0 aromatic heterocycles. The lowest BCUT2D eigenvalue weighted by Gasteiger charge is -2.34. The smallest absolute Gasteiger partial charge is 0.195 e. The molecule has 0 saturated carbocycles. The number of aliphatic imine (C=N–C) groups is 1. The first-order chi connectivity index (χ1) is 12.2. The maximum absolute atomic E-state index is 5.37. The number of guanidine groups is 1. The minimum Gasteiger partial charge on any atom is -0.493 e. The SMILES string of the molecule is CCNC(=NCC1CCCCN1CC)Nc1ccc(OC)c(OC)c1.I. The van der Waals surface area contributed by atoms with Crippen LogP contribution in [-0.2, 0) is 0 Å². The highest BCUT2D eigenvalue weighted by atomic mass is 127. The summed E-state index contributed by atoms with van der Waals surface area (Å²) in [6.45, 7) is 8.23. The van der Waals surface area contributed by atoms with Crippen LogP contribution >= 0.6 is 24.0 Å². The molecule has 1 atom stereocenters. The topological polar surface area (TPSA) is 58.1 Å². The molecule has 0 aliphatic carbocycles. The summed E-state index contributed by atoms with van der Waals surface area (Å²) in [5, 5.41) is 6.68. The molecule has 1 fully saturated rings. The molecule has 1 heterocycles. The summed E-state index contributed by atoms with van der Waals surface area (Å²) in [4.78, 5) is 7.34. The third kappa shape index (κ3) is 6.50. The number of hydrogen-bond donors (Lipinski definition) is 2. The van der Waals surface area contributed by atoms with Gasteiger partial charge in [0, 0.05) is 24.3 Å². The fourth-order valence-electron chi connectivity index (χ4n) is 3.24. The minimum atomic E-state index is 0. The average molecular weight is 476 g/mol. The van der Waals surface area contributed by atoms with Crippen LogP contribution in [0.4, 0.5) is 5.69 Å². The van der Waals surface area contributed by atoms with Crippen molar-refractivity contribution >= 4 is 35.6 Å². The lowest BCUT2D eigenvalue weighted by molar-refractivity contribution is 0.161. The van der Waals surface area contributed by atoms with Crippen LogP contribution in [-0.4, -0.2) is 57.3 Å². The summed E-state index contributed by atoms with van der Waals surface area (Å²) in [7, 11) is 3.28. The van der Waals surface area contributed by atoms with E-state index in [0.29, 0.717) is 11.8 Å². The molecule has 1 unspecified atom stereocenters. The van der Waals surface area contributed by atoms with Crippen molar-refractivity contribution in [3.63, 3.8) is 0 Å². The van der Waals surface area contributed by atoms with Gasteiger partial charge in [-0.1, -0.05) is 13.3 Å². The largest absolute Gasteiger partial charge is 0.493 e. The van der Waals surface area contributed by atoms with Crippen molar-refractivity contribution in [2.24, 2.45) is 4.99 Å². The Morgan fingerprint density at radius 2 is 1.96 bits per heavy atom. The first-order valence-corrected chi connectivity index (χ1v) is 9.23. The van der Waals surface area contributed by atoms with E-state index in [-0.39, 0.29) is 24.0 Å². The second kappa shape index (κ2) is 12.2. The fraction of sp³-hybridized carbons (Fsp3) is 0.632. The Bertz CT molecular complexity index is 568. The molecule has 2 rings (SSSR count). The first-order valence-electron chi connectivity index (χ1n) is 9.23. The molecule has 0 spiro atoms. The molecule has 1 saturated heterocycles. The molecular formula is C19H33IN4O2. The van der Waals surface area contributed by atoms with Crippen molar-refractivity contribution < 1.29 is 9.47 Å². The number of methoxy groups -OCH3 is 2. The van der Waals surface area contributed by atoms with Gasteiger partial charge in [-0.25, -0.2) is 0 Å². The number of piperidine rings is 1. The quantitative estimate of drug-likeness (QED) is 0.358. The predicted octanol–water partition coefficient (Wildman–Crippen LogP) is 3.57. The normalized spacial score (nSPS) is 18.0. The standard InChI is InChI=1S/C19H32N4O2.HI/c1-5-20-19(21-14-16-9-7-8-12-23(16)6-2)22-15-10-11-17(24-3)18(13-15)25-4;/h10-11,13,16H,5-9,12,14H2,1-4H3,(H2,20,21,22);1H. The van der Waals surface area contributed by atoms with Gasteiger partial charge in [0.25, 0.3) is 0 Å². The van der Waals surface area contributed by atoms with Gasteiger partial charge in [-0.15, -0.1) is 24.0 Å². The Morgan fingerprint density at radius 1 is 1.19 bits per heavy atom. The van der Waals surface area contributed by atoms with Gasteiger partial charge < -0.3 is 20.1 Å². The molecule has 26 heavy (non-hydrogen) atoms. The summed E-state index contributed by atoms with van der Waals surface area (Å²) < 4.78 is 10.7. The van der Waals surface area contributed by atoms with Crippen molar-refractivity contribution in [1.29, 1.82) is 0 Å². The van der Waals surface area contributed by atoms with Crippen LogP contribution in [0.2, 0.25) is 0 Å². The summed E-state index contributed by atoms with van der Waals surface area (Å²) >= 11 is 0. The third-order valence-corrected chi connectivity index (χ3v) is 4.61. The number of nitrogens with zero attached hydrogens (tertiary/aromatic N) is 2. The molecule has 2 N–H and O–H groups in total. The Morgan fingerprint density at radius 3 is 2.62 bits per heavy atom. The monoisotopic (exact) mass is 476 g/mol. The highest BCUT2D eigenvalue weighted by Gasteiger charge is 2.20. The van der Waals surface area contributed by atoms with Crippen LogP contribution in [0.1, 0.15) is 33.1 Å². The second-order valence-corrected chi connectivity index (χ2v) is 6.19. The number of hydrogen-bond acceptors (Lipinski definition) is 4. The van der Waals surface area contributed by atoms with Crippen LogP contribution < -0.4 is 20.1 Å². The van der Waals surface area contributed by atoms with Gasteiger partial charge in [0.05, 0.1) is 20.8 Å². The van der Waals surface area contributed by atoms with Crippen molar-refractivity contribution in [3.05, 3.63) is 18.2 Å². The maximum atomic E-state index is 5.37. The third-order valence-electron chi connectivity index (χ3n) is 4.61. The van der Waals surface area contributed by atoms with Crippen LogP contribution in [0.3, 0.4) is 0 Å². The van der Waals surface area contributed by atoms with Crippen LogP contribution in [0, 0.1) is 0 Å². The lowest BCUT2D eigenvalue weighted by atomic mass is 10.0. The summed E-state index contributed by atoms with van der Waals surface area (Å²) in [6, 6.07) is 6.32. The predicted molar refractivity (Wildman–Crippen MR) is 119 cm³/mol. The lowest BCUT2D eigenvalue weighted by Crippen LogP contribution is -2.42. The highest BCUT2D eigenvalue weighted by Crippen LogP contribution is 2.29. The van der Waals surface area contributed by atoms with Gasteiger partial charge in [-0.2, -0.15) is 0 Å². The first kappa shape index (κ1) is 22.8. The van der Waals surface area contributed by atoms with Gasteiger partial charge in [0.1, 0.15) is 0 Å². The van der Waals surface area contributed by atoms with Crippen LogP contribution in [0.25, 0.3) is 0 Å². The van der Waals surface area contributed by atoms with Crippen molar-refractivity contribution in [3.8, 4) is 11.5 Å². The zero-order valence-corrected chi connectivity index (χ0v) is 18.7. The second-order valence-electron chi connectivity index (χ2n) is 6.19. The van der Waals surface area contributed by atoms with Crippen LogP contribution in [0.15, 0.2) is 23.2 Å². The zero-order chi connectivity index (χ0) is 18.1. The molecule has 7 heteroatoms. The number of benzene rings is 1. The van der Waals surface area contributed by atoms with Crippen LogP contribution in [0.5, 0.6) is 11.5 Å². The van der Waals surface area contributed by atoms with Gasteiger partial charge in [0.15, 0.2) is 17.5 Å². The minimum absolute atomic E-state index is 0. The van der Waals surface area contributed by atoms with E-state index < -0.39 is 0 Å². The Kier molecular flexibility index (Phi) is 10.7. The molecule has 1 aliphatic heterocycles. The molecule has 0 bridgehead atoms. The number of nitrogens with one attached hydrogen (secondary N) is 2. The molecule has 0 radical (unpaired) electrons. The van der Waals surface area contributed by atoms with E-state index in [4.69, 9.17) is 14.5 Å². The van der Waals surface area contributed by atoms with Gasteiger partial charge in [-0.3, -0.25) is 9.89 Å². The Balaban J connectivity index is 0.00000338. The number of halogens is 1. The summed E-state index contributed by atoms with van der Waals surface area (Å²) in [5.41, 5.74) is 0.924. The van der Waals surface area contributed by atoms with E-state index in [1.54, 1.807) is 14.2 Å². The maximum Gasteiger partial charge on any atom is 0.195 e. The van der Waals surface area contributed by atoms with Crippen molar-refractivity contribution in [2.75, 3.05) is 45.7 Å². The zero-order valence-electron chi connectivity index (χ0n) is 16.4. The van der Waals surface area contributed by atoms with Crippen molar-refractivity contribution in [1.82, 2.24) is 10.2 Å². The highest BCUT2D eigenvalue weighted by molar-refractivity contribution is 14.0. The molecular weight excluding hydrogens is 443 g/mol. The Labute approximate surface area is 174 Å². The molecule has 0 amide bonds. The van der Waals surface area contributed by atoms with E-state index in [1.807, 2.05) is 18.2 Å². The van der Waals surface area contributed by atoms with E-state index >= 15 is 0 Å². The number of anilines is 1. The van der Waals surface area contributed by atoms with Gasteiger partial charge >= 0.3 is 0 Å². The fourth-order valence-corrected chi connectivity index (χ4v) is 3.24. The summed E-state index contributed by atoms with van der Waals surface area (Å²) in [5.74, 6) is 2.22. The van der Waals surface area contributed by atoms with E-state index in [9.17, 15) is 0 Å². The van der Waals surface area contributed by atoms with Gasteiger partial charge in [0.2, 0.25) is 0 Å². The molecule has 1 aliphatic rings. The van der Waals surface area contributed by atoms with E-state index in [1.165, 1.54) is 25.8 Å². The van der Waals surface area contributed by atoms with E-state index in [0.717, 1.165) is 37.0 Å². The molecule has 148 valence electrons. The summed E-state index contributed by atoms with van der Waals surface area (Å²) in [6.07, 6.45) is 3.83. The van der Waals surface area contributed by atoms with Gasteiger partial charge in [-0.05, 0) is 45.0 Å². The Hall–Kier alpha value is -1.22. The van der Waals surface area contributed by atoms with Crippen molar-refractivity contribution in [2.45, 2.75) is 39.2 Å². The van der Waals surface area contributed by atoms with E-state index in [2.05, 4.69) is 29.4 Å². The molecule has 1 aromatic rings. The molecule has 1 aromatic carbocycles. The number of rotatable bonds is 7. The number of likely N-dealkylation sites (tertiary alicyclic amines) is 1. The average Bonchev–Trinajstić information content (AvgIpc) is 2.66. The number of likely N-dealkylation sites (N-methyl/N-ethyl adjacent to an activating group) is 1. The number of ether oxygens (including phenoxy) is 2.